The largest absolute Gasteiger partial charge is 0.435 e. The third-order valence-electron chi connectivity index (χ3n) is 1.51. The van der Waals surface area contributed by atoms with Gasteiger partial charge in [-0.25, -0.2) is 0 Å². The van der Waals surface area contributed by atoms with Gasteiger partial charge in [0.05, 0.1) is 6.42 Å². The molecular weight excluding hydrogens is 120 g/mol. The highest BCUT2D eigenvalue weighted by Gasteiger charge is 2.40. The van der Waals surface area contributed by atoms with Crippen molar-refractivity contribution in [3.8, 4) is 0 Å². The topological polar surface area (TPSA) is 46.5 Å². The minimum atomic E-state index is -0.912. The van der Waals surface area contributed by atoms with Crippen molar-refractivity contribution in [2.75, 3.05) is 0 Å². The maximum Gasteiger partial charge on any atom is 0.308 e. The summed E-state index contributed by atoms with van der Waals surface area (Å²) in [6, 6.07) is 0. The van der Waals surface area contributed by atoms with E-state index in [2.05, 4.69) is 4.74 Å². The zero-order valence-corrected chi connectivity index (χ0v) is 5.55. The Morgan fingerprint density at radius 1 is 1.78 bits per heavy atom. The van der Waals surface area contributed by atoms with Crippen LogP contribution in [0.1, 0.15) is 20.3 Å². The summed E-state index contributed by atoms with van der Waals surface area (Å²) in [5, 5.41) is 8.98. The van der Waals surface area contributed by atoms with Gasteiger partial charge >= 0.3 is 5.97 Å². The van der Waals surface area contributed by atoms with Crippen LogP contribution in [0.5, 0.6) is 0 Å². The molecule has 3 nitrogen and oxygen atoms in total. The van der Waals surface area contributed by atoms with E-state index in [4.69, 9.17) is 5.11 Å². The molecule has 0 aromatic rings. The molecule has 9 heavy (non-hydrogen) atoms. The molecule has 0 aromatic heterocycles. The molecule has 1 rings (SSSR count). The zero-order chi connectivity index (χ0) is 7.07. The van der Waals surface area contributed by atoms with Crippen molar-refractivity contribution in [1.82, 2.24) is 0 Å². The lowest BCUT2D eigenvalue weighted by atomic mass is 9.91. The summed E-state index contributed by atoms with van der Waals surface area (Å²) in [5.74, 6) is -0.312. The first-order valence-corrected chi connectivity index (χ1v) is 2.90. The number of esters is 1. The molecule has 3 heteroatoms. The van der Waals surface area contributed by atoms with Gasteiger partial charge in [-0.1, -0.05) is 13.8 Å². The van der Waals surface area contributed by atoms with Gasteiger partial charge in [-0.2, -0.15) is 0 Å². The van der Waals surface area contributed by atoms with E-state index in [0.29, 0.717) is 6.42 Å². The van der Waals surface area contributed by atoms with Gasteiger partial charge in [0.2, 0.25) is 6.29 Å². The van der Waals surface area contributed by atoms with Gasteiger partial charge in [-0.3, -0.25) is 4.79 Å². The Labute approximate surface area is 53.6 Å². The second-order valence-electron chi connectivity index (χ2n) is 3.01. The van der Waals surface area contributed by atoms with Gasteiger partial charge in [-0.15, -0.1) is 0 Å². The lowest BCUT2D eigenvalue weighted by molar-refractivity contribution is -0.159. The molecule has 0 amide bonds. The summed E-state index contributed by atoms with van der Waals surface area (Å²) in [6.07, 6.45) is -0.598. The second-order valence-corrected chi connectivity index (χ2v) is 3.01. The van der Waals surface area contributed by atoms with Gasteiger partial charge in [0.15, 0.2) is 0 Å². The number of rotatable bonds is 0. The van der Waals surface area contributed by atoms with Crippen molar-refractivity contribution >= 4 is 5.97 Å². The minimum absolute atomic E-state index is 0.312. The Hall–Kier alpha value is -0.570. The lowest BCUT2D eigenvalue weighted by Gasteiger charge is -2.16. The van der Waals surface area contributed by atoms with Crippen LogP contribution in [0.15, 0.2) is 0 Å². The van der Waals surface area contributed by atoms with E-state index in [1.807, 2.05) is 0 Å². The molecule has 1 aliphatic rings. The van der Waals surface area contributed by atoms with Crippen molar-refractivity contribution in [3.63, 3.8) is 0 Å². The van der Waals surface area contributed by atoms with Crippen molar-refractivity contribution < 1.29 is 14.6 Å². The lowest BCUT2D eigenvalue weighted by Crippen LogP contribution is -2.23. The molecule has 1 N–H and O–H groups in total. The van der Waals surface area contributed by atoms with Crippen LogP contribution in [0.25, 0.3) is 0 Å². The number of ether oxygens (including phenoxy) is 1. The van der Waals surface area contributed by atoms with Crippen molar-refractivity contribution in [2.24, 2.45) is 5.41 Å². The Bertz CT molecular complexity index is 139. The second kappa shape index (κ2) is 1.70. The molecule has 1 atom stereocenters. The molecule has 0 unspecified atom stereocenters. The van der Waals surface area contributed by atoms with Crippen molar-refractivity contribution in [2.45, 2.75) is 26.6 Å². The summed E-state index contributed by atoms with van der Waals surface area (Å²) in [7, 11) is 0. The highest BCUT2D eigenvalue weighted by molar-refractivity contribution is 5.72. The molecule has 1 aliphatic heterocycles. The van der Waals surface area contributed by atoms with E-state index in [1.54, 1.807) is 13.8 Å². The number of carbonyl (C=O) groups is 1. The maximum absolute atomic E-state index is 10.5. The van der Waals surface area contributed by atoms with E-state index in [-0.39, 0.29) is 5.97 Å². The standard InChI is InChI=1S/C6H10O3/c1-6(2)3-4(7)9-5(6)8/h5,8H,3H2,1-2H3/t5-/m0/s1. The average Bonchev–Trinajstić information content (AvgIpc) is 1.79. The van der Waals surface area contributed by atoms with Crippen LogP contribution >= 0.6 is 0 Å². The van der Waals surface area contributed by atoms with Gasteiger partial charge in [0.25, 0.3) is 0 Å². The van der Waals surface area contributed by atoms with E-state index in [9.17, 15) is 4.79 Å². The molecule has 0 spiro atoms. The van der Waals surface area contributed by atoms with E-state index in [0.717, 1.165) is 0 Å². The first-order chi connectivity index (χ1) is 4.02. The first kappa shape index (κ1) is 6.55. The quantitative estimate of drug-likeness (QED) is 0.479. The van der Waals surface area contributed by atoms with E-state index in [1.165, 1.54) is 0 Å². The van der Waals surface area contributed by atoms with Crippen LogP contribution < -0.4 is 0 Å². The monoisotopic (exact) mass is 130 g/mol. The van der Waals surface area contributed by atoms with Crippen molar-refractivity contribution in [1.29, 1.82) is 0 Å². The Morgan fingerprint density at radius 2 is 2.33 bits per heavy atom. The maximum atomic E-state index is 10.5. The van der Waals surface area contributed by atoms with Gasteiger partial charge in [-0.05, 0) is 0 Å². The average molecular weight is 130 g/mol. The van der Waals surface area contributed by atoms with Crippen LogP contribution in [0, 0.1) is 5.41 Å². The van der Waals surface area contributed by atoms with Crippen LogP contribution in [-0.2, 0) is 9.53 Å². The minimum Gasteiger partial charge on any atom is -0.435 e. The third-order valence-corrected chi connectivity index (χ3v) is 1.51. The fourth-order valence-electron chi connectivity index (χ4n) is 0.785. The van der Waals surface area contributed by atoms with E-state index < -0.39 is 11.7 Å². The summed E-state index contributed by atoms with van der Waals surface area (Å²) in [5.41, 5.74) is -0.392. The first-order valence-electron chi connectivity index (χ1n) is 2.90. The van der Waals surface area contributed by atoms with Crippen molar-refractivity contribution in [3.05, 3.63) is 0 Å². The molecule has 1 heterocycles. The number of hydrogen-bond acceptors (Lipinski definition) is 3. The number of cyclic esters (lactones) is 1. The third kappa shape index (κ3) is 1.05. The van der Waals surface area contributed by atoms with Gasteiger partial charge in [0.1, 0.15) is 0 Å². The van der Waals surface area contributed by atoms with Crippen LogP contribution in [0.2, 0.25) is 0 Å². The summed E-state index contributed by atoms with van der Waals surface area (Å²) < 4.78 is 4.49. The predicted octanol–water partition coefficient (Wildman–Crippen LogP) is 0.278. The normalized spacial score (nSPS) is 32.3. The molecule has 0 radical (unpaired) electrons. The van der Waals surface area contributed by atoms with Gasteiger partial charge in [0, 0.05) is 5.41 Å². The van der Waals surface area contributed by atoms with Crippen LogP contribution in [0.4, 0.5) is 0 Å². The van der Waals surface area contributed by atoms with Crippen LogP contribution in [-0.4, -0.2) is 17.4 Å². The Morgan fingerprint density at radius 3 is 2.44 bits per heavy atom. The molecule has 0 aliphatic carbocycles. The number of hydrogen-bond donors (Lipinski definition) is 1. The fraction of sp³-hybridized carbons (Fsp3) is 0.833. The highest BCUT2D eigenvalue weighted by atomic mass is 16.6. The summed E-state index contributed by atoms with van der Waals surface area (Å²) in [6.45, 7) is 3.59. The summed E-state index contributed by atoms with van der Waals surface area (Å²) in [4.78, 5) is 10.5. The summed E-state index contributed by atoms with van der Waals surface area (Å²) >= 11 is 0. The molecule has 0 aromatic carbocycles. The Balaban J connectivity index is 2.69. The molecule has 0 saturated carbocycles. The highest BCUT2D eigenvalue weighted by Crippen LogP contribution is 2.32. The number of aliphatic hydroxyl groups is 1. The fourth-order valence-corrected chi connectivity index (χ4v) is 0.785. The molecule has 0 bridgehead atoms. The van der Waals surface area contributed by atoms with Gasteiger partial charge < -0.3 is 9.84 Å². The molecule has 52 valence electrons. The number of carbonyl (C=O) groups excluding carboxylic acids is 1. The molecule has 1 fully saturated rings. The zero-order valence-electron chi connectivity index (χ0n) is 5.55. The predicted molar refractivity (Wildman–Crippen MR) is 30.5 cm³/mol. The van der Waals surface area contributed by atoms with Crippen LogP contribution in [0.3, 0.4) is 0 Å². The van der Waals surface area contributed by atoms with E-state index >= 15 is 0 Å². The molecule has 1 saturated heterocycles. The Kier molecular flexibility index (Phi) is 1.24. The molecular formula is C6H10O3. The SMILES string of the molecule is CC1(C)CC(=O)O[C@@H]1O. The number of aliphatic hydroxyl groups excluding tert-OH is 1. The smallest absolute Gasteiger partial charge is 0.308 e.